The van der Waals surface area contributed by atoms with Crippen LogP contribution >= 0.6 is 11.6 Å². The molecule has 3 nitrogen and oxygen atoms in total. The summed E-state index contributed by atoms with van der Waals surface area (Å²) in [4.78, 5) is 0. The summed E-state index contributed by atoms with van der Waals surface area (Å²) in [5.74, 6) is 0.712. The van der Waals surface area contributed by atoms with Crippen LogP contribution in [0.3, 0.4) is 0 Å². The molecule has 1 N–H and O–H groups in total. The molecule has 1 aliphatic rings. The minimum absolute atomic E-state index is 0.234. The molecule has 0 aromatic heterocycles. The van der Waals surface area contributed by atoms with Gasteiger partial charge in [-0.25, -0.2) is 13.1 Å². The third kappa shape index (κ3) is 5.18. The first kappa shape index (κ1) is 13.3. The predicted molar refractivity (Wildman–Crippen MR) is 63.7 cm³/mol. The molecular weight excluding hydrogens is 234 g/mol. The molecule has 1 saturated carbocycles. The Labute approximate surface area is 97.6 Å². The van der Waals surface area contributed by atoms with E-state index >= 15 is 0 Å². The van der Waals surface area contributed by atoms with E-state index in [0.29, 0.717) is 24.3 Å². The number of halogens is 1. The average molecular weight is 254 g/mol. The fraction of sp³-hybridized carbons (Fsp3) is 1.00. The Hall–Kier alpha value is 0.200. The van der Waals surface area contributed by atoms with Crippen molar-refractivity contribution in [3.63, 3.8) is 0 Å². The Bertz CT molecular complexity index is 271. The molecule has 0 heterocycles. The van der Waals surface area contributed by atoms with Gasteiger partial charge in [-0.3, -0.25) is 0 Å². The molecule has 0 saturated heterocycles. The number of sulfonamides is 1. The van der Waals surface area contributed by atoms with E-state index in [1.807, 2.05) is 6.92 Å². The maximum Gasteiger partial charge on any atom is 0.211 e. The van der Waals surface area contributed by atoms with Gasteiger partial charge in [0.05, 0.1) is 5.75 Å². The Kier molecular flexibility index (Phi) is 5.36. The summed E-state index contributed by atoms with van der Waals surface area (Å²) in [6.07, 6.45) is 4.79. The van der Waals surface area contributed by atoms with E-state index in [4.69, 9.17) is 11.6 Å². The van der Waals surface area contributed by atoms with Gasteiger partial charge in [0.15, 0.2) is 0 Å². The molecule has 0 bridgehead atoms. The van der Waals surface area contributed by atoms with E-state index in [0.717, 1.165) is 25.7 Å². The van der Waals surface area contributed by atoms with Gasteiger partial charge in [-0.2, -0.15) is 0 Å². The van der Waals surface area contributed by atoms with Crippen molar-refractivity contribution in [2.45, 2.75) is 44.4 Å². The second kappa shape index (κ2) is 6.06. The molecule has 1 fully saturated rings. The van der Waals surface area contributed by atoms with Gasteiger partial charge in [0.25, 0.3) is 0 Å². The molecule has 0 radical (unpaired) electrons. The van der Waals surface area contributed by atoms with Crippen LogP contribution in [0.15, 0.2) is 0 Å². The molecule has 15 heavy (non-hydrogen) atoms. The summed E-state index contributed by atoms with van der Waals surface area (Å²) in [5, 5.41) is 0.300. The molecule has 0 aromatic carbocycles. The smallest absolute Gasteiger partial charge is 0.211 e. The molecule has 0 aromatic rings. The number of hydrogen-bond acceptors (Lipinski definition) is 2. The third-order valence-electron chi connectivity index (χ3n) is 2.84. The summed E-state index contributed by atoms with van der Waals surface area (Å²) in [5.41, 5.74) is 0. The summed E-state index contributed by atoms with van der Waals surface area (Å²) >= 11 is 5.98. The van der Waals surface area contributed by atoms with E-state index in [9.17, 15) is 8.42 Å². The van der Waals surface area contributed by atoms with Gasteiger partial charge >= 0.3 is 0 Å². The largest absolute Gasteiger partial charge is 0.215 e. The van der Waals surface area contributed by atoms with Crippen molar-refractivity contribution in [3.8, 4) is 0 Å². The quantitative estimate of drug-likeness (QED) is 0.763. The lowest BCUT2D eigenvalue weighted by molar-refractivity contribution is 0.361. The topological polar surface area (TPSA) is 46.2 Å². The monoisotopic (exact) mass is 253 g/mol. The van der Waals surface area contributed by atoms with Crippen LogP contribution in [0.25, 0.3) is 0 Å². The number of nitrogens with one attached hydrogen (secondary N) is 1. The fourth-order valence-electron chi connectivity index (χ4n) is 1.91. The average Bonchev–Trinajstić information content (AvgIpc) is 2.17. The zero-order valence-electron chi connectivity index (χ0n) is 9.21. The normalized spacial score (nSPS) is 27.9. The van der Waals surface area contributed by atoms with Crippen molar-refractivity contribution in [2.24, 2.45) is 5.92 Å². The summed E-state index contributed by atoms with van der Waals surface area (Å²) in [7, 11) is -3.03. The van der Waals surface area contributed by atoms with Crippen LogP contribution in [0.4, 0.5) is 0 Å². The number of hydrogen-bond donors (Lipinski definition) is 1. The van der Waals surface area contributed by atoms with Gasteiger partial charge in [-0.15, -0.1) is 11.6 Å². The molecule has 0 amide bonds. The second-order valence-electron chi connectivity index (χ2n) is 4.29. The molecule has 5 heteroatoms. The molecule has 1 aliphatic carbocycles. The van der Waals surface area contributed by atoms with Crippen LogP contribution in [0.5, 0.6) is 0 Å². The van der Waals surface area contributed by atoms with E-state index in [1.165, 1.54) is 0 Å². The highest BCUT2D eigenvalue weighted by molar-refractivity contribution is 7.89. The van der Waals surface area contributed by atoms with Crippen molar-refractivity contribution in [2.75, 3.05) is 12.3 Å². The first-order valence-corrected chi connectivity index (χ1v) is 7.73. The SMILES string of the molecule is CCCS(=O)(=O)NCC1CCC(Cl)CC1. The Balaban J connectivity index is 2.25. The van der Waals surface area contributed by atoms with E-state index in [2.05, 4.69) is 4.72 Å². The predicted octanol–water partition coefficient (Wildman–Crippen LogP) is 2.11. The first-order chi connectivity index (χ1) is 7.03. The van der Waals surface area contributed by atoms with Crippen molar-refractivity contribution in [3.05, 3.63) is 0 Å². The van der Waals surface area contributed by atoms with E-state index in [1.54, 1.807) is 0 Å². The van der Waals surface area contributed by atoms with Gasteiger partial charge < -0.3 is 0 Å². The van der Waals surface area contributed by atoms with Gasteiger partial charge in [0.1, 0.15) is 0 Å². The van der Waals surface area contributed by atoms with Crippen molar-refractivity contribution < 1.29 is 8.42 Å². The lowest BCUT2D eigenvalue weighted by atomic mass is 9.89. The Morgan fingerprint density at radius 3 is 2.40 bits per heavy atom. The Morgan fingerprint density at radius 1 is 1.27 bits per heavy atom. The van der Waals surface area contributed by atoms with Crippen molar-refractivity contribution in [1.82, 2.24) is 4.72 Å². The summed E-state index contributed by atoms with van der Waals surface area (Å²) in [6, 6.07) is 0. The van der Waals surface area contributed by atoms with Gasteiger partial charge in [0.2, 0.25) is 10.0 Å². The van der Waals surface area contributed by atoms with Crippen molar-refractivity contribution in [1.29, 1.82) is 0 Å². The zero-order valence-corrected chi connectivity index (χ0v) is 10.8. The molecule has 0 unspecified atom stereocenters. The van der Waals surface area contributed by atoms with E-state index < -0.39 is 10.0 Å². The fourth-order valence-corrected chi connectivity index (χ4v) is 3.34. The van der Waals surface area contributed by atoms with Crippen LogP contribution in [-0.2, 0) is 10.0 Å². The highest BCUT2D eigenvalue weighted by Gasteiger charge is 2.20. The lowest BCUT2D eigenvalue weighted by Crippen LogP contribution is -2.32. The molecular formula is C10H20ClNO2S. The summed E-state index contributed by atoms with van der Waals surface area (Å²) in [6.45, 7) is 2.46. The number of rotatable bonds is 5. The lowest BCUT2D eigenvalue weighted by Gasteiger charge is -2.24. The van der Waals surface area contributed by atoms with Crippen LogP contribution in [0, 0.1) is 5.92 Å². The van der Waals surface area contributed by atoms with Crippen LogP contribution in [-0.4, -0.2) is 26.1 Å². The van der Waals surface area contributed by atoms with Crippen LogP contribution in [0.1, 0.15) is 39.0 Å². The highest BCUT2D eigenvalue weighted by Crippen LogP contribution is 2.27. The molecule has 90 valence electrons. The molecule has 0 atom stereocenters. The van der Waals surface area contributed by atoms with Crippen LogP contribution < -0.4 is 4.72 Å². The maximum atomic E-state index is 11.4. The second-order valence-corrected chi connectivity index (χ2v) is 6.83. The van der Waals surface area contributed by atoms with Gasteiger partial charge in [-0.05, 0) is 38.0 Å². The third-order valence-corrected chi connectivity index (χ3v) is 4.83. The summed E-state index contributed by atoms with van der Waals surface area (Å²) < 4.78 is 25.5. The zero-order chi connectivity index (χ0) is 11.3. The van der Waals surface area contributed by atoms with Gasteiger partial charge in [0, 0.05) is 11.9 Å². The molecule has 0 aliphatic heterocycles. The highest BCUT2D eigenvalue weighted by atomic mass is 35.5. The first-order valence-electron chi connectivity index (χ1n) is 5.65. The minimum atomic E-state index is -3.03. The standard InChI is InChI=1S/C10H20ClNO2S/c1-2-7-15(13,14)12-8-9-3-5-10(11)6-4-9/h9-10,12H,2-8H2,1H3. The van der Waals surface area contributed by atoms with Crippen molar-refractivity contribution >= 4 is 21.6 Å². The molecule has 1 rings (SSSR count). The number of alkyl halides is 1. The Morgan fingerprint density at radius 2 is 1.87 bits per heavy atom. The maximum absolute atomic E-state index is 11.4. The van der Waals surface area contributed by atoms with E-state index in [-0.39, 0.29) is 5.75 Å². The minimum Gasteiger partial charge on any atom is -0.215 e. The molecule has 0 spiro atoms. The van der Waals surface area contributed by atoms with Gasteiger partial charge in [-0.1, -0.05) is 6.92 Å². The van der Waals surface area contributed by atoms with Crippen LogP contribution in [0.2, 0.25) is 0 Å².